The van der Waals surface area contributed by atoms with Gasteiger partial charge in [0.1, 0.15) is 5.52 Å². The zero-order valence-corrected chi connectivity index (χ0v) is 17.3. The second-order valence-electron chi connectivity index (χ2n) is 7.76. The molecule has 2 aromatic carbocycles. The third kappa shape index (κ3) is 3.96. The molecule has 0 unspecified atom stereocenters. The molecule has 1 fully saturated rings. The van der Waals surface area contributed by atoms with E-state index in [2.05, 4.69) is 56.4 Å². The molecule has 3 heterocycles. The minimum atomic E-state index is 0.0172. The van der Waals surface area contributed by atoms with Gasteiger partial charge in [0.25, 0.3) is 5.91 Å². The normalized spacial score (nSPS) is 14.2. The molecule has 0 saturated carbocycles. The highest BCUT2D eigenvalue weighted by Crippen LogP contribution is 2.18. The number of carbonyl (C=O) groups excluding carboxylic acids is 1. The molecule has 1 aliphatic heterocycles. The van der Waals surface area contributed by atoms with Crippen LogP contribution in [0.3, 0.4) is 0 Å². The first-order valence-electron chi connectivity index (χ1n) is 10.4. The van der Waals surface area contributed by atoms with Gasteiger partial charge in [-0.2, -0.15) is 0 Å². The number of fused-ring (bicyclic) bond motifs is 1. The van der Waals surface area contributed by atoms with Crippen molar-refractivity contribution in [2.75, 3.05) is 31.1 Å². The number of piperazine rings is 1. The maximum absolute atomic E-state index is 13.0. The zero-order valence-electron chi connectivity index (χ0n) is 17.3. The van der Waals surface area contributed by atoms with Crippen molar-refractivity contribution in [2.24, 2.45) is 0 Å². The van der Waals surface area contributed by atoms with Crippen LogP contribution in [0.5, 0.6) is 0 Å². The van der Waals surface area contributed by atoms with Crippen molar-refractivity contribution in [2.45, 2.75) is 13.5 Å². The Morgan fingerprint density at radius 2 is 1.71 bits per heavy atom. The Morgan fingerprint density at radius 3 is 2.45 bits per heavy atom. The third-order valence-electron chi connectivity index (χ3n) is 5.62. The van der Waals surface area contributed by atoms with E-state index >= 15 is 0 Å². The summed E-state index contributed by atoms with van der Waals surface area (Å²) >= 11 is 0. The predicted octanol–water partition coefficient (Wildman–Crippen LogP) is 2.54. The van der Waals surface area contributed by atoms with E-state index in [4.69, 9.17) is 0 Å². The van der Waals surface area contributed by atoms with Crippen LogP contribution in [-0.2, 0) is 6.54 Å². The van der Waals surface area contributed by atoms with E-state index < -0.39 is 0 Å². The lowest BCUT2D eigenvalue weighted by Gasteiger charge is -2.34. The monoisotopic (exact) mass is 413 g/mol. The molecule has 1 saturated heterocycles. The molecule has 0 spiro atoms. The van der Waals surface area contributed by atoms with Crippen LogP contribution in [0.2, 0.25) is 0 Å². The summed E-state index contributed by atoms with van der Waals surface area (Å²) in [6, 6.07) is 15.8. The van der Waals surface area contributed by atoms with E-state index in [1.807, 2.05) is 27.8 Å². The fourth-order valence-electron chi connectivity index (χ4n) is 3.84. The van der Waals surface area contributed by atoms with Gasteiger partial charge in [-0.15, -0.1) is 5.10 Å². The van der Waals surface area contributed by atoms with E-state index in [1.54, 1.807) is 18.5 Å². The van der Waals surface area contributed by atoms with Gasteiger partial charge in [-0.1, -0.05) is 35.0 Å². The summed E-state index contributed by atoms with van der Waals surface area (Å²) in [6.45, 7) is 5.41. The standard InChI is InChI=1S/C23H23N7O/c1-17-3-5-18(6-4-17)16-30-21-8-7-19(15-20(21)26-27-30)22(31)28-11-13-29(14-12-28)23-24-9-2-10-25-23/h2-10,15H,11-14,16H2,1H3. The fraction of sp³-hybridized carbons (Fsp3) is 0.261. The molecule has 0 atom stereocenters. The number of aryl methyl sites for hydroxylation is 1. The summed E-state index contributed by atoms with van der Waals surface area (Å²) in [4.78, 5) is 25.6. The molecule has 31 heavy (non-hydrogen) atoms. The van der Waals surface area contributed by atoms with Crippen LogP contribution in [0.1, 0.15) is 21.5 Å². The van der Waals surface area contributed by atoms with Crippen LogP contribution < -0.4 is 4.90 Å². The van der Waals surface area contributed by atoms with Crippen LogP contribution in [0.25, 0.3) is 11.0 Å². The number of hydrogen-bond donors (Lipinski definition) is 0. The molecule has 0 bridgehead atoms. The quantitative estimate of drug-likeness (QED) is 0.512. The fourth-order valence-corrected chi connectivity index (χ4v) is 3.84. The highest BCUT2D eigenvalue weighted by molar-refractivity contribution is 5.97. The number of rotatable bonds is 4. The van der Waals surface area contributed by atoms with Gasteiger partial charge in [-0.3, -0.25) is 4.79 Å². The van der Waals surface area contributed by atoms with Crippen molar-refractivity contribution in [3.8, 4) is 0 Å². The maximum atomic E-state index is 13.0. The largest absolute Gasteiger partial charge is 0.337 e. The molecule has 4 aromatic rings. The van der Waals surface area contributed by atoms with Gasteiger partial charge in [-0.05, 0) is 36.8 Å². The Balaban J connectivity index is 1.28. The minimum Gasteiger partial charge on any atom is -0.337 e. The summed E-state index contributed by atoms with van der Waals surface area (Å²) in [6.07, 6.45) is 3.47. The van der Waals surface area contributed by atoms with Crippen molar-refractivity contribution in [1.82, 2.24) is 29.9 Å². The summed E-state index contributed by atoms with van der Waals surface area (Å²) < 4.78 is 1.87. The van der Waals surface area contributed by atoms with Crippen LogP contribution in [-0.4, -0.2) is 61.9 Å². The van der Waals surface area contributed by atoms with Gasteiger partial charge in [0, 0.05) is 44.1 Å². The second-order valence-corrected chi connectivity index (χ2v) is 7.76. The van der Waals surface area contributed by atoms with Gasteiger partial charge >= 0.3 is 0 Å². The lowest BCUT2D eigenvalue weighted by molar-refractivity contribution is 0.0746. The third-order valence-corrected chi connectivity index (χ3v) is 5.62. The van der Waals surface area contributed by atoms with E-state index in [0.717, 1.165) is 16.6 Å². The Bertz CT molecular complexity index is 1200. The van der Waals surface area contributed by atoms with Crippen molar-refractivity contribution < 1.29 is 4.79 Å². The lowest BCUT2D eigenvalue weighted by Crippen LogP contribution is -2.49. The Morgan fingerprint density at radius 1 is 0.968 bits per heavy atom. The maximum Gasteiger partial charge on any atom is 0.254 e. The molecule has 8 nitrogen and oxygen atoms in total. The van der Waals surface area contributed by atoms with Crippen molar-refractivity contribution >= 4 is 22.9 Å². The van der Waals surface area contributed by atoms with Crippen LogP contribution in [0, 0.1) is 6.92 Å². The molecule has 0 aliphatic carbocycles. The summed E-state index contributed by atoms with van der Waals surface area (Å²) in [5.41, 5.74) is 4.68. The second kappa shape index (κ2) is 8.14. The molecule has 156 valence electrons. The minimum absolute atomic E-state index is 0.0172. The van der Waals surface area contributed by atoms with E-state index in [1.165, 1.54) is 5.56 Å². The molecule has 0 radical (unpaired) electrons. The van der Waals surface area contributed by atoms with Crippen LogP contribution >= 0.6 is 0 Å². The first kappa shape index (κ1) is 19.2. The summed E-state index contributed by atoms with van der Waals surface area (Å²) in [5.74, 6) is 0.727. The Labute approximate surface area is 180 Å². The van der Waals surface area contributed by atoms with Gasteiger partial charge in [0.05, 0.1) is 12.1 Å². The molecular weight excluding hydrogens is 390 g/mol. The highest BCUT2D eigenvalue weighted by Gasteiger charge is 2.24. The van der Waals surface area contributed by atoms with Crippen molar-refractivity contribution in [1.29, 1.82) is 0 Å². The number of anilines is 1. The average molecular weight is 413 g/mol. The molecular formula is C23H23N7O. The summed E-state index contributed by atoms with van der Waals surface area (Å²) in [7, 11) is 0. The molecule has 2 aromatic heterocycles. The number of nitrogens with zero attached hydrogens (tertiary/aromatic N) is 7. The number of carbonyl (C=O) groups is 1. The first-order valence-corrected chi connectivity index (χ1v) is 10.4. The van der Waals surface area contributed by atoms with Gasteiger partial charge in [0.2, 0.25) is 5.95 Å². The lowest BCUT2D eigenvalue weighted by atomic mass is 10.1. The van der Waals surface area contributed by atoms with Crippen LogP contribution in [0.15, 0.2) is 60.9 Å². The molecule has 8 heteroatoms. The Hall–Kier alpha value is -3.81. The SMILES string of the molecule is Cc1ccc(Cn2nnc3cc(C(=O)N4CCN(c5ncccn5)CC4)ccc32)cc1. The zero-order chi connectivity index (χ0) is 21.2. The molecule has 1 aliphatic rings. The topological polar surface area (TPSA) is 80.0 Å². The Kier molecular flexibility index (Phi) is 5.03. The highest BCUT2D eigenvalue weighted by atomic mass is 16.2. The molecule has 1 amide bonds. The van der Waals surface area contributed by atoms with E-state index in [9.17, 15) is 4.79 Å². The first-order chi connectivity index (χ1) is 15.2. The smallest absolute Gasteiger partial charge is 0.254 e. The average Bonchev–Trinajstić information content (AvgIpc) is 3.22. The van der Waals surface area contributed by atoms with Crippen molar-refractivity contribution in [3.05, 3.63) is 77.6 Å². The van der Waals surface area contributed by atoms with Gasteiger partial charge < -0.3 is 9.80 Å². The van der Waals surface area contributed by atoms with E-state index in [0.29, 0.717) is 44.2 Å². The van der Waals surface area contributed by atoms with Gasteiger partial charge in [-0.25, -0.2) is 14.6 Å². The van der Waals surface area contributed by atoms with E-state index in [-0.39, 0.29) is 5.91 Å². The molecule has 5 rings (SSSR count). The summed E-state index contributed by atoms with van der Waals surface area (Å²) in [5, 5.41) is 8.58. The van der Waals surface area contributed by atoms with Gasteiger partial charge in [0.15, 0.2) is 0 Å². The molecule has 0 N–H and O–H groups in total. The predicted molar refractivity (Wildman–Crippen MR) is 118 cm³/mol. The number of hydrogen-bond acceptors (Lipinski definition) is 6. The van der Waals surface area contributed by atoms with Crippen molar-refractivity contribution in [3.63, 3.8) is 0 Å². The number of amides is 1. The number of aromatic nitrogens is 5. The number of benzene rings is 2. The van der Waals surface area contributed by atoms with Crippen LogP contribution in [0.4, 0.5) is 5.95 Å².